The van der Waals surface area contributed by atoms with E-state index in [4.69, 9.17) is 74.9 Å². The van der Waals surface area contributed by atoms with Gasteiger partial charge >= 0.3 is 8.80 Å². The molecule has 0 amide bonds. The molecule has 8 aromatic rings. The number of hydrogen-bond acceptors (Lipinski definition) is 16. The van der Waals surface area contributed by atoms with Crippen molar-refractivity contribution in [2.24, 2.45) is 0 Å². The standard InChI is InChI=1S/C42H52O9Si.C40H46O7.2CH4/c1-41(2,30-8-16-34(17-9-30)45-24-38-26-49-38)32-12-20-36(21-13-32)47-28-40(51-52(7,43-5)44-6)29-48-37-22-14-33(15-23-37)42(3,4)31-10-18-35(19-11-31)46-25-39-27-50-39;1-39(2,30-10-18-34(19-11-30)44-24-37-26-46-37)28-6-14-32(15-7-28)42-22-36(41-5)23-43-33-16-8-29(9-17-33)40(3,4)31-12-20-35(21-13-31)45-25-38-27-47-38;;/h8-23,38-40H,24-29H2,1-7H3;6-21,36-38H,22-27H2,1-5H3;2*1H4. The third-order valence-electron chi connectivity index (χ3n) is 19.2. The Kier molecular flexibility index (Phi) is 26.6. The zero-order valence-electron chi connectivity index (χ0n) is 59.5. The number of hydrogen-bond donors (Lipinski definition) is 0. The molecular weight excluding hydrogens is 1290 g/mol. The quantitative estimate of drug-likeness (QED) is 0.0267. The lowest BCUT2D eigenvalue weighted by Crippen LogP contribution is -2.47. The topological polar surface area (TPSA) is 161 Å². The average molecular weight is 1400 g/mol. The lowest BCUT2D eigenvalue weighted by atomic mass is 9.78. The maximum atomic E-state index is 6.35. The van der Waals surface area contributed by atoms with Crippen LogP contribution in [0.1, 0.15) is 115 Å². The van der Waals surface area contributed by atoms with Crippen LogP contribution in [-0.4, -0.2) is 146 Å². The van der Waals surface area contributed by atoms with Crippen molar-refractivity contribution in [3.63, 3.8) is 0 Å². The highest BCUT2D eigenvalue weighted by Gasteiger charge is 2.37. The van der Waals surface area contributed by atoms with Crippen molar-refractivity contribution in [1.29, 1.82) is 0 Å². The first kappa shape index (κ1) is 77.2. The third-order valence-corrected chi connectivity index (χ3v) is 21.4. The van der Waals surface area contributed by atoms with Gasteiger partial charge in [0.15, 0.2) is 0 Å². The van der Waals surface area contributed by atoms with Crippen molar-refractivity contribution in [1.82, 2.24) is 0 Å². The van der Waals surface area contributed by atoms with Gasteiger partial charge < -0.3 is 74.9 Å². The van der Waals surface area contributed by atoms with Crippen LogP contribution in [0.5, 0.6) is 46.0 Å². The summed E-state index contributed by atoms with van der Waals surface area (Å²) in [6.07, 6.45) is 0.303. The van der Waals surface area contributed by atoms with Gasteiger partial charge in [-0.15, -0.1) is 0 Å². The first-order chi connectivity index (χ1) is 47.7. The molecule has 4 heterocycles. The number of methoxy groups -OCH3 is 1. The summed E-state index contributed by atoms with van der Waals surface area (Å²) in [5.74, 6) is 6.49. The number of epoxide rings is 4. The van der Waals surface area contributed by atoms with Crippen molar-refractivity contribution >= 4 is 8.80 Å². The van der Waals surface area contributed by atoms with Crippen molar-refractivity contribution in [3.8, 4) is 46.0 Å². The molecule has 12 rings (SSSR count). The molecule has 0 aromatic heterocycles. The molecule has 4 fully saturated rings. The van der Waals surface area contributed by atoms with Crippen LogP contribution < -0.4 is 37.9 Å². The predicted molar refractivity (Wildman–Crippen MR) is 398 cm³/mol. The molecule has 0 spiro atoms. The highest BCUT2D eigenvalue weighted by atomic mass is 28.4. The molecule has 0 aliphatic carbocycles. The van der Waals surface area contributed by atoms with Crippen LogP contribution in [0, 0.1) is 0 Å². The fourth-order valence-corrected chi connectivity index (χ4v) is 12.5. The summed E-state index contributed by atoms with van der Waals surface area (Å²) >= 11 is 0. The molecule has 16 nitrogen and oxygen atoms in total. The largest absolute Gasteiger partial charge is 0.497 e. The molecule has 4 unspecified atom stereocenters. The van der Waals surface area contributed by atoms with Crippen LogP contribution >= 0.6 is 0 Å². The van der Waals surface area contributed by atoms with Gasteiger partial charge in [-0.1, -0.05) is 167 Å². The van der Waals surface area contributed by atoms with Gasteiger partial charge in [-0.2, -0.15) is 0 Å². The molecule has 4 atom stereocenters. The molecule has 4 aliphatic rings. The summed E-state index contributed by atoms with van der Waals surface area (Å²) in [4.78, 5) is 0. The maximum absolute atomic E-state index is 6.35. The number of ether oxygens (including phenoxy) is 13. The van der Waals surface area contributed by atoms with Gasteiger partial charge in [0.25, 0.3) is 0 Å². The molecule has 17 heteroatoms. The van der Waals surface area contributed by atoms with E-state index >= 15 is 0 Å². The van der Waals surface area contributed by atoms with E-state index in [0.29, 0.717) is 39.6 Å². The van der Waals surface area contributed by atoms with Crippen LogP contribution in [0.2, 0.25) is 6.55 Å². The average Bonchev–Trinajstić information content (AvgIpc) is 1.73. The van der Waals surface area contributed by atoms with E-state index in [1.807, 2.05) is 104 Å². The Morgan fingerprint density at radius 1 is 0.297 bits per heavy atom. The minimum Gasteiger partial charge on any atom is -0.491 e. The normalized spacial score (nSPS) is 17.4. The zero-order chi connectivity index (χ0) is 69.6. The van der Waals surface area contributed by atoms with Gasteiger partial charge in [0.1, 0.15) is 135 Å². The lowest BCUT2D eigenvalue weighted by Gasteiger charge is -2.29. The van der Waals surface area contributed by atoms with Crippen molar-refractivity contribution < 1.29 is 74.9 Å². The van der Waals surface area contributed by atoms with E-state index in [2.05, 4.69) is 152 Å². The summed E-state index contributed by atoms with van der Waals surface area (Å²) in [7, 11) is 1.99. The van der Waals surface area contributed by atoms with E-state index in [0.717, 1.165) is 72.4 Å². The van der Waals surface area contributed by atoms with Crippen molar-refractivity contribution in [2.75, 3.05) is 101 Å². The van der Waals surface area contributed by atoms with Gasteiger partial charge in [0.2, 0.25) is 0 Å². The van der Waals surface area contributed by atoms with Crippen molar-refractivity contribution in [2.45, 2.75) is 135 Å². The highest BCUT2D eigenvalue weighted by molar-refractivity contribution is 6.59. The van der Waals surface area contributed by atoms with Crippen LogP contribution in [0.3, 0.4) is 0 Å². The molecule has 8 aromatic carbocycles. The minimum absolute atomic E-state index is 0. The summed E-state index contributed by atoms with van der Waals surface area (Å²) in [6, 6.07) is 66.2. The van der Waals surface area contributed by atoms with E-state index < -0.39 is 14.9 Å². The van der Waals surface area contributed by atoms with Gasteiger partial charge in [0.05, 0.1) is 26.4 Å². The van der Waals surface area contributed by atoms with Gasteiger partial charge in [-0.05, 0) is 142 Å². The molecule has 0 N–H and O–H groups in total. The van der Waals surface area contributed by atoms with Crippen LogP contribution in [-0.2, 0) is 58.6 Å². The lowest BCUT2D eigenvalue weighted by molar-refractivity contribution is 0.0129. The maximum Gasteiger partial charge on any atom is 0.497 e. The smallest absolute Gasteiger partial charge is 0.491 e. The van der Waals surface area contributed by atoms with Gasteiger partial charge in [-0.25, -0.2) is 0 Å². The Bertz CT molecular complexity index is 3510. The first-order valence-corrected chi connectivity index (χ1v) is 36.5. The predicted octanol–water partition coefficient (Wildman–Crippen LogP) is 16.2. The molecule has 4 aliphatic heterocycles. The summed E-state index contributed by atoms with van der Waals surface area (Å²) in [6.45, 7) is 26.4. The first-order valence-electron chi connectivity index (χ1n) is 34.3. The van der Waals surface area contributed by atoms with Crippen LogP contribution in [0.25, 0.3) is 0 Å². The van der Waals surface area contributed by atoms with E-state index in [1.54, 1.807) is 21.3 Å². The van der Waals surface area contributed by atoms with Gasteiger partial charge in [0, 0.05) is 49.5 Å². The Morgan fingerprint density at radius 3 is 0.624 bits per heavy atom. The van der Waals surface area contributed by atoms with E-state index in [-0.39, 0.29) is 80.2 Å². The monoisotopic (exact) mass is 1400 g/mol. The molecular formula is C84H106O16Si. The Morgan fingerprint density at radius 2 is 0.465 bits per heavy atom. The number of benzene rings is 8. The third kappa shape index (κ3) is 21.8. The Hall–Kier alpha value is -7.94. The molecule has 0 saturated carbocycles. The minimum atomic E-state index is -2.89. The molecule has 0 bridgehead atoms. The van der Waals surface area contributed by atoms with Gasteiger partial charge in [-0.3, -0.25) is 0 Å². The summed E-state index contributed by atoms with van der Waals surface area (Å²) < 4.78 is 92.1. The van der Waals surface area contributed by atoms with E-state index in [1.165, 1.54) is 44.5 Å². The second kappa shape index (κ2) is 34.8. The Balaban J connectivity index is 0.000000232. The highest BCUT2D eigenvalue weighted by Crippen LogP contribution is 2.38. The number of rotatable bonds is 37. The molecule has 4 saturated heterocycles. The SMILES string of the molecule is C.C.COC(COc1ccc(C(C)(C)c2ccc(OCC3CO3)cc2)cc1)COc1ccc(C(C)(C)c2ccc(OCC3CO3)cc2)cc1.CO[Si](C)(OC)OC(COc1ccc(C(C)(C)c2ccc(OCC3CO3)cc2)cc1)COc1ccc(C(C)(C)c2ccc(OCC3CO3)cc2)cc1. The Labute approximate surface area is 601 Å². The molecule has 101 heavy (non-hydrogen) atoms. The molecule has 0 radical (unpaired) electrons. The summed E-state index contributed by atoms with van der Waals surface area (Å²) in [5, 5.41) is 0. The fraction of sp³-hybridized carbons (Fsp3) is 0.429. The van der Waals surface area contributed by atoms with Crippen LogP contribution in [0.15, 0.2) is 194 Å². The van der Waals surface area contributed by atoms with Crippen molar-refractivity contribution in [3.05, 3.63) is 239 Å². The zero-order valence-corrected chi connectivity index (χ0v) is 60.5. The summed E-state index contributed by atoms with van der Waals surface area (Å²) in [5.41, 5.74) is 8.81. The molecule has 542 valence electrons. The van der Waals surface area contributed by atoms with E-state index in [9.17, 15) is 0 Å². The fourth-order valence-electron chi connectivity index (χ4n) is 11.4. The van der Waals surface area contributed by atoms with Crippen LogP contribution in [0.4, 0.5) is 0 Å². The second-order valence-electron chi connectivity index (χ2n) is 27.9. The second-order valence-corrected chi connectivity index (χ2v) is 30.6.